The molecule has 0 radical (unpaired) electrons. The van der Waals surface area contributed by atoms with Crippen LogP contribution < -0.4 is 10.6 Å². The van der Waals surface area contributed by atoms with Crippen LogP contribution in [0.5, 0.6) is 0 Å². The number of thioether (sulfide) groups is 1. The molecule has 1 saturated carbocycles. The summed E-state index contributed by atoms with van der Waals surface area (Å²) < 4.78 is 37.8. The zero-order chi connectivity index (χ0) is 25.3. The van der Waals surface area contributed by atoms with Crippen molar-refractivity contribution in [3.8, 4) is 0 Å². The third-order valence-electron chi connectivity index (χ3n) is 8.34. The molecule has 5 rings (SSSR count). The molecule has 0 spiro atoms. The van der Waals surface area contributed by atoms with Crippen molar-refractivity contribution in [1.82, 2.24) is 20.4 Å². The highest BCUT2D eigenvalue weighted by Crippen LogP contribution is 2.45. The molecular weight excluding hydrogens is 513 g/mol. The highest BCUT2D eigenvalue weighted by atomic mass is 35.5. The Morgan fingerprint density at radius 3 is 2.64 bits per heavy atom. The summed E-state index contributed by atoms with van der Waals surface area (Å²) in [7, 11) is 0. The quantitative estimate of drug-likeness (QED) is 0.516. The maximum absolute atomic E-state index is 12.5. The molecule has 0 bridgehead atoms. The van der Waals surface area contributed by atoms with Gasteiger partial charge < -0.3 is 15.5 Å². The first-order valence-corrected chi connectivity index (χ1v) is 14.7. The van der Waals surface area contributed by atoms with E-state index in [1.165, 1.54) is 23.5 Å². The summed E-state index contributed by atoms with van der Waals surface area (Å²) in [5.41, 5.74) is 0. The lowest BCUT2D eigenvalue weighted by Crippen LogP contribution is -2.50. The van der Waals surface area contributed by atoms with Crippen LogP contribution in [0.4, 0.5) is 13.2 Å². The number of alkyl halides is 4. The van der Waals surface area contributed by atoms with Crippen LogP contribution in [0.25, 0.3) is 0 Å². The second-order valence-electron chi connectivity index (χ2n) is 10.9. The number of fused-ring (bicyclic) bond motifs is 1. The molecule has 0 aromatic carbocycles. The van der Waals surface area contributed by atoms with Gasteiger partial charge in [-0.2, -0.15) is 13.2 Å². The molecule has 36 heavy (non-hydrogen) atoms. The molecule has 202 valence electrons. The minimum atomic E-state index is -4.45. The third kappa shape index (κ3) is 6.62. The van der Waals surface area contributed by atoms with Crippen molar-refractivity contribution in [2.45, 2.75) is 74.1 Å². The van der Waals surface area contributed by atoms with Crippen molar-refractivity contribution in [2.24, 2.45) is 27.7 Å². The topological polar surface area (TPSA) is 72.3 Å². The van der Waals surface area contributed by atoms with Crippen LogP contribution in [-0.4, -0.2) is 95.5 Å². The fourth-order valence-corrected chi connectivity index (χ4v) is 8.25. The molecule has 4 aliphatic heterocycles. The number of piperazine rings is 1. The van der Waals surface area contributed by atoms with Crippen LogP contribution in [0, 0.1) is 17.8 Å². The number of hydrogen-bond acceptors (Lipinski definition) is 5. The van der Waals surface area contributed by atoms with Gasteiger partial charge in [0.1, 0.15) is 12.6 Å². The second kappa shape index (κ2) is 11.3. The highest BCUT2D eigenvalue weighted by molar-refractivity contribution is 8.01. The lowest BCUT2D eigenvalue weighted by molar-refractivity contribution is -0.162. The molecule has 7 nitrogen and oxygen atoms in total. The largest absolute Gasteiger partial charge is 0.397 e. The second-order valence-corrected chi connectivity index (χ2v) is 12.8. The van der Waals surface area contributed by atoms with E-state index in [4.69, 9.17) is 16.6 Å². The number of nitrogens with zero attached hydrogens (tertiary/aromatic N) is 4. The third-order valence-corrected chi connectivity index (χ3v) is 10.2. The summed E-state index contributed by atoms with van der Waals surface area (Å²) in [6.45, 7) is 2.76. The number of carbonyl (C=O) groups is 1. The van der Waals surface area contributed by atoms with Crippen LogP contribution in [0.15, 0.2) is 9.98 Å². The lowest BCUT2D eigenvalue weighted by Gasteiger charge is -2.37. The number of halogens is 4. The number of amides is 1. The highest BCUT2D eigenvalue weighted by Gasteiger charge is 2.42. The van der Waals surface area contributed by atoms with Crippen LogP contribution in [0.1, 0.15) is 44.9 Å². The van der Waals surface area contributed by atoms with Gasteiger partial charge in [-0.15, -0.1) is 23.4 Å². The van der Waals surface area contributed by atoms with Crippen LogP contribution in [0.2, 0.25) is 0 Å². The zero-order valence-corrected chi connectivity index (χ0v) is 22.0. The van der Waals surface area contributed by atoms with Crippen molar-refractivity contribution in [1.29, 1.82) is 0 Å². The van der Waals surface area contributed by atoms with Gasteiger partial charge in [-0.1, -0.05) is 0 Å². The molecule has 1 aliphatic carbocycles. The standard InChI is InChI=1S/C24H36ClF3N6OS/c25-22-17(4-10-36-22)16-1-2-18-19(12-16)31-23(30-18)32-20-11-15(3-5-29-20)14-33-6-8-34(9-7-33)21(35)13-24(26,27)28/h5,15-20,22H,1-4,6-14H2,(H2,30,31,32). The zero-order valence-electron chi connectivity index (χ0n) is 20.4. The molecule has 7 atom stereocenters. The number of carbonyl (C=O) groups excluding carboxylic acids is 1. The number of nitrogens with one attached hydrogen (secondary N) is 2. The summed E-state index contributed by atoms with van der Waals surface area (Å²) in [5, 5.41) is 7.21. The van der Waals surface area contributed by atoms with Crippen LogP contribution in [-0.2, 0) is 4.79 Å². The number of hydrogen-bond donors (Lipinski definition) is 2. The van der Waals surface area contributed by atoms with E-state index in [0.29, 0.717) is 56.0 Å². The molecule has 0 aromatic heterocycles. The molecule has 1 amide bonds. The predicted octanol–water partition coefficient (Wildman–Crippen LogP) is 3.29. The Morgan fingerprint density at radius 2 is 1.92 bits per heavy atom. The van der Waals surface area contributed by atoms with Gasteiger partial charge in [-0.25, -0.2) is 4.99 Å². The van der Waals surface area contributed by atoms with E-state index in [1.54, 1.807) is 0 Å². The molecule has 7 unspecified atom stereocenters. The van der Waals surface area contributed by atoms with Crippen LogP contribution in [0.3, 0.4) is 0 Å². The van der Waals surface area contributed by atoms with Gasteiger partial charge in [0.2, 0.25) is 5.91 Å². The van der Waals surface area contributed by atoms with Crippen molar-refractivity contribution in [3.05, 3.63) is 0 Å². The summed E-state index contributed by atoms with van der Waals surface area (Å²) >= 11 is 8.46. The minimum absolute atomic E-state index is 0.122. The SMILES string of the molecule is O=C(CC(F)(F)F)N1CCN(CC2CC=NC(N=C3NC4CCC(C5CCSC5Cl)CC4N3)C2)CC1. The van der Waals surface area contributed by atoms with Gasteiger partial charge in [0.05, 0.1) is 4.71 Å². The normalized spacial score (nSPS) is 38.6. The average Bonchev–Trinajstić information content (AvgIpc) is 3.43. The van der Waals surface area contributed by atoms with Gasteiger partial charge in [-0.05, 0) is 62.0 Å². The molecular formula is C24H36ClF3N6OS. The van der Waals surface area contributed by atoms with E-state index >= 15 is 0 Å². The van der Waals surface area contributed by atoms with Gasteiger partial charge in [0.15, 0.2) is 5.96 Å². The van der Waals surface area contributed by atoms with E-state index in [1.807, 2.05) is 18.0 Å². The first-order chi connectivity index (χ1) is 17.2. The first kappa shape index (κ1) is 26.4. The first-order valence-electron chi connectivity index (χ1n) is 13.2. The molecule has 4 heterocycles. The van der Waals surface area contributed by atoms with Crippen molar-refractivity contribution < 1.29 is 18.0 Å². The van der Waals surface area contributed by atoms with E-state index in [2.05, 4.69) is 20.5 Å². The van der Waals surface area contributed by atoms with Crippen molar-refractivity contribution >= 4 is 41.4 Å². The summed E-state index contributed by atoms with van der Waals surface area (Å²) in [6.07, 6.45) is 2.47. The summed E-state index contributed by atoms with van der Waals surface area (Å²) in [5.74, 6) is 2.90. The predicted molar refractivity (Wildman–Crippen MR) is 138 cm³/mol. The van der Waals surface area contributed by atoms with E-state index in [9.17, 15) is 18.0 Å². The van der Waals surface area contributed by atoms with Crippen molar-refractivity contribution in [2.75, 3.05) is 38.5 Å². The molecule has 3 saturated heterocycles. The Labute approximate surface area is 220 Å². The molecule has 0 aromatic rings. The Kier molecular flexibility index (Phi) is 8.27. The fourth-order valence-electron chi connectivity index (χ4n) is 6.41. The van der Waals surface area contributed by atoms with E-state index in [0.717, 1.165) is 38.2 Å². The lowest BCUT2D eigenvalue weighted by atomic mass is 9.76. The molecule has 5 aliphatic rings. The van der Waals surface area contributed by atoms with Crippen LogP contribution >= 0.6 is 23.4 Å². The number of guanidine groups is 1. The van der Waals surface area contributed by atoms with E-state index < -0.39 is 18.5 Å². The maximum atomic E-state index is 12.5. The Balaban J connectivity index is 1.07. The fraction of sp³-hybridized carbons (Fsp3) is 0.875. The molecule has 2 N–H and O–H groups in total. The van der Waals surface area contributed by atoms with Gasteiger partial charge >= 0.3 is 6.18 Å². The molecule has 12 heteroatoms. The Bertz CT molecular complexity index is 852. The van der Waals surface area contributed by atoms with Crippen molar-refractivity contribution in [3.63, 3.8) is 0 Å². The molecule has 4 fully saturated rings. The smallest absolute Gasteiger partial charge is 0.352 e. The van der Waals surface area contributed by atoms with E-state index in [-0.39, 0.29) is 10.9 Å². The minimum Gasteiger partial charge on any atom is -0.352 e. The Hall–Kier alpha value is -1.20. The monoisotopic (exact) mass is 548 g/mol. The summed E-state index contributed by atoms with van der Waals surface area (Å²) in [6, 6.07) is 0.819. The Morgan fingerprint density at radius 1 is 1.14 bits per heavy atom. The number of aliphatic imine (C=N–C) groups is 2. The van der Waals surface area contributed by atoms with Gasteiger partial charge in [-0.3, -0.25) is 14.7 Å². The van der Waals surface area contributed by atoms with Gasteiger partial charge in [0.25, 0.3) is 0 Å². The van der Waals surface area contributed by atoms with Gasteiger partial charge in [0, 0.05) is 51.0 Å². The summed E-state index contributed by atoms with van der Waals surface area (Å²) in [4.78, 5) is 24.9. The average molecular weight is 549 g/mol. The maximum Gasteiger partial charge on any atom is 0.397 e. The number of rotatable bonds is 5.